The molecule has 1 heterocycles. The first-order valence-electron chi connectivity index (χ1n) is 5.61. The maximum Gasteiger partial charge on any atom is 0.303 e. The van der Waals surface area contributed by atoms with Gasteiger partial charge in [0, 0.05) is 13.0 Å². The molecular formula is C12H17NO4. The fourth-order valence-corrected chi connectivity index (χ4v) is 1.44. The van der Waals surface area contributed by atoms with Gasteiger partial charge in [-0.3, -0.25) is 9.59 Å². The monoisotopic (exact) mass is 239 g/mol. The van der Waals surface area contributed by atoms with Crippen molar-refractivity contribution in [2.24, 2.45) is 5.92 Å². The van der Waals surface area contributed by atoms with Gasteiger partial charge in [0.1, 0.15) is 6.26 Å². The quantitative estimate of drug-likeness (QED) is 0.761. The first-order valence-corrected chi connectivity index (χ1v) is 5.61. The molecule has 94 valence electrons. The van der Waals surface area contributed by atoms with Crippen molar-refractivity contribution in [3.8, 4) is 0 Å². The molecule has 2 N–H and O–H groups in total. The van der Waals surface area contributed by atoms with Gasteiger partial charge in [-0.25, -0.2) is 0 Å². The van der Waals surface area contributed by atoms with E-state index in [1.54, 1.807) is 6.07 Å². The Morgan fingerprint density at radius 3 is 2.82 bits per heavy atom. The Kier molecular flexibility index (Phi) is 5.26. The van der Waals surface area contributed by atoms with Crippen molar-refractivity contribution < 1.29 is 19.1 Å². The van der Waals surface area contributed by atoms with E-state index in [0.717, 1.165) is 6.42 Å². The van der Waals surface area contributed by atoms with Crippen molar-refractivity contribution in [2.75, 3.05) is 6.54 Å². The highest BCUT2D eigenvalue weighted by Crippen LogP contribution is 2.09. The number of furan rings is 1. The highest BCUT2D eigenvalue weighted by Gasteiger charge is 2.08. The molecule has 5 heteroatoms. The number of carbonyl (C=O) groups excluding carboxylic acids is 1. The van der Waals surface area contributed by atoms with Crippen LogP contribution in [0.5, 0.6) is 0 Å². The minimum absolute atomic E-state index is 0.163. The lowest BCUT2D eigenvalue weighted by atomic mass is 10.0. The van der Waals surface area contributed by atoms with Gasteiger partial charge in [0.15, 0.2) is 0 Å². The van der Waals surface area contributed by atoms with Crippen molar-refractivity contribution in [1.82, 2.24) is 5.32 Å². The van der Waals surface area contributed by atoms with Gasteiger partial charge in [-0.2, -0.15) is 0 Å². The molecule has 0 aliphatic carbocycles. The molecule has 1 amide bonds. The van der Waals surface area contributed by atoms with E-state index >= 15 is 0 Å². The van der Waals surface area contributed by atoms with E-state index in [4.69, 9.17) is 9.52 Å². The zero-order valence-electron chi connectivity index (χ0n) is 9.81. The van der Waals surface area contributed by atoms with Crippen LogP contribution in [0.15, 0.2) is 23.0 Å². The van der Waals surface area contributed by atoms with Gasteiger partial charge in [0.2, 0.25) is 0 Å². The number of carboxylic acid groups (broad SMARTS) is 1. The van der Waals surface area contributed by atoms with Crippen LogP contribution >= 0.6 is 0 Å². The summed E-state index contributed by atoms with van der Waals surface area (Å²) < 4.78 is 4.80. The maximum absolute atomic E-state index is 11.5. The van der Waals surface area contributed by atoms with Crippen molar-refractivity contribution in [1.29, 1.82) is 0 Å². The van der Waals surface area contributed by atoms with Crippen LogP contribution in [0.1, 0.15) is 36.5 Å². The Bertz CT molecular complexity index is 359. The van der Waals surface area contributed by atoms with Crippen molar-refractivity contribution in [2.45, 2.75) is 26.2 Å². The smallest absolute Gasteiger partial charge is 0.303 e. The third kappa shape index (κ3) is 5.19. The van der Waals surface area contributed by atoms with E-state index in [2.05, 4.69) is 5.32 Å². The second-order valence-corrected chi connectivity index (χ2v) is 4.09. The number of nitrogens with one attached hydrogen (secondary N) is 1. The van der Waals surface area contributed by atoms with Crippen LogP contribution in [0, 0.1) is 5.92 Å². The third-order valence-corrected chi connectivity index (χ3v) is 2.56. The van der Waals surface area contributed by atoms with E-state index in [1.165, 1.54) is 12.5 Å². The van der Waals surface area contributed by atoms with Gasteiger partial charge in [0.25, 0.3) is 5.91 Å². The molecule has 17 heavy (non-hydrogen) atoms. The Labute approximate surface area is 99.8 Å². The summed E-state index contributed by atoms with van der Waals surface area (Å²) in [4.78, 5) is 21.8. The fourth-order valence-electron chi connectivity index (χ4n) is 1.44. The molecule has 0 fully saturated rings. The molecule has 0 aliphatic rings. The number of carboxylic acids is 1. The van der Waals surface area contributed by atoms with Crippen LogP contribution in [0.25, 0.3) is 0 Å². The van der Waals surface area contributed by atoms with E-state index in [1.807, 2.05) is 6.92 Å². The molecule has 0 bridgehead atoms. The Morgan fingerprint density at radius 1 is 1.47 bits per heavy atom. The number of hydrogen-bond acceptors (Lipinski definition) is 3. The Morgan fingerprint density at radius 2 is 2.24 bits per heavy atom. The molecule has 0 aliphatic heterocycles. The van der Waals surface area contributed by atoms with Gasteiger partial charge in [-0.15, -0.1) is 0 Å². The summed E-state index contributed by atoms with van der Waals surface area (Å²) in [5.74, 6) is -0.654. The summed E-state index contributed by atoms with van der Waals surface area (Å²) >= 11 is 0. The molecule has 0 saturated heterocycles. The lowest BCUT2D eigenvalue weighted by Crippen LogP contribution is -2.25. The molecule has 1 unspecified atom stereocenters. The average Bonchev–Trinajstić information content (AvgIpc) is 2.79. The number of hydrogen-bond donors (Lipinski definition) is 2. The molecule has 1 rings (SSSR count). The Balaban J connectivity index is 2.15. The topological polar surface area (TPSA) is 79.5 Å². The second kappa shape index (κ2) is 6.73. The highest BCUT2D eigenvalue weighted by molar-refractivity contribution is 5.93. The summed E-state index contributed by atoms with van der Waals surface area (Å²) in [5.41, 5.74) is 0.503. The van der Waals surface area contributed by atoms with Crippen molar-refractivity contribution in [3.63, 3.8) is 0 Å². The SMILES string of the molecule is CC(CCNC(=O)c1ccoc1)CCC(=O)O. The normalized spacial score (nSPS) is 12.1. The third-order valence-electron chi connectivity index (χ3n) is 2.56. The Hall–Kier alpha value is -1.78. The summed E-state index contributed by atoms with van der Waals surface area (Å²) in [6.45, 7) is 2.53. The molecule has 1 aromatic rings. The summed E-state index contributed by atoms with van der Waals surface area (Å²) in [7, 11) is 0. The number of rotatable bonds is 7. The first-order chi connectivity index (χ1) is 8.09. The zero-order chi connectivity index (χ0) is 12.7. The lowest BCUT2D eigenvalue weighted by molar-refractivity contribution is -0.137. The summed E-state index contributed by atoms with van der Waals surface area (Å²) in [6, 6.07) is 1.60. The van der Waals surface area contributed by atoms with Crippen LogP contribution in [-0.2, 0) is 4.79 Å². The predicted octanol–water partition coefficient (Wildman–Crippen LogP) is 1.90. The van der Waals surface area contributed by atoms with E-state index in [-0.39, 0.29) is 18.2 Å². The predicted molar refractivity (Wildman–Crippen MR) is 61.7 cm³/mol. The van der Waals surface area contributed by atoms with Gasteiger partial charge < -0.3 is 14.8 Å². The van der Waals surface area contributed by atoms with Gasteiger partial charge in [0.05, 0.1) is 11.8 Å². The molecule has 1 aromatic heterocycles. The van der Waals surface area contributed by atoms with Crippen LogP contribution in [0.2, 0.25) is 0 Å². The van der Waals surface area contributed by atoms with Crippen molar-refractivity contribution in [3.05, 3.63) is 24.2 Å². The second-order valence-electron chi connectivity index (χ2n) is 4.09. The first kappa shape index (κ1) is 13.3. The molecule has 0 aromatic carbocycles. The minimum atomic E-state index is -0.778. The standard InChI is InChI=1S/C12H17NO4/c1-9(2-3-11(14)15)4-6-13-12(16)10-5-7-17-8-10/h5,7-9H,2-4,6H2,1H3,(H,13,16)(H,14,15). The van der Waals surface area contributed by atoms with Crippen molar-refractivity contribution >= 4 is 11.9 Å². The molecule has 0 saturated carbocycles. The van der Waals surface area contributed by atoms with E-state index < -0.39 is 5.97 Å². The molecular weight excluding hydrogens is 222 g/mol. The highest BCUT2D eigenvalue weighted by atomic mass is 16.4. The van der Waals surface area contributed by atoms with E-state index in [9.17, 15) is 9.59 Å². The maximum atomic E-state index is 11.5. The molecule has 0 radical (unpaired) electrons. The molecule has 0 spiro atoms. The zero-order valence-corrected chi connectivity index (χ0v) is 9.81. The number of aliphatic carboxylic acids is 1. The number of amides is 1. The van der Waals surface area contributed by atoms with Gasteiger partial charge in [-0.1, -0.05) is 6.92 Å². The van der Waals surface area contributed by atoms with Gasteiger partial charge in [-0.05, 0) is 24.8 Å². The van der Waals surface area contributed by atoms with Gasteiger partial charge >= 0.3 is 5.97 Å². The van der Waals surface area contributed by atoms with E-state index in [0.29, 0.717) is 18.5 Å². The van der Waals surface area contributed by atoms with Crippen LogP contribution in [0.4, 0.5) is 0 Å². The largest absolute Gasteiger partial charge is 0.481 e. The molecule has 1 atom stereocenters. The van der Waals surface area contributed by atoms with Crippen LogP contribution in [-0.4, -0.2) is 23.5 Å². The molecule has 5 nitrogen and oxygen atoms in total. The van der Waals surface area contributed by atoms with Crippen LogP contribution < -0.4 is 5.32 Å². The lowest BCUT2D eigenvalue weighted by Gasteiger charge is -2.10. The summed E-state index contributed by atoms with van der Waals surface area (Å²) in [5, 5.41) is 11.3. The summed E-state index contributed by atoms with van der Waals surface area (Å²) in [6.07, 6.45) is 4.43. The number of carbonyl (C=O) groups is 2. The van der Waals surface area contributed by atoms with Crippen LogP contribution in [0.3, 0.4) is 0 Å². The average molecular weight is 239 g/mol. The minimum Gasteiger partial charge on any atom is -0.481 e. The fraction of sp³-hybridized carbons (Fsp3) is 0.500.